The fraction of sp³-hybridized carbons (Fsp3) is 0.107. The van der Waals surface area contributed by atoms with Crippen molar-refractivity contribution < 1.29 is 9.53 Å². The van der Waals surface area contributed by atoms with Gasteiger partial charge in [0, 0.05) is 18.8 Å². The van der Waals surface area contributed by atoms with Gasteiger partial charge in [-0.1, -0.05) is 78.9 Å². The Labute approximate surface area is 199 Å². The van der Waals surface area contributed by atoms with Gasteiger partial charge in [0.25, 0.3) is 0 Å². The summed E-state index contributed by atoms with van der Waals surface area (Å²) in [7, 11) is 0. The molecule has 4 nitrogen and oxygen atoms in total. The van der Waals surface area contributed by atoms with Crippen molar-refractivity contribution in [2.45, 2.75) is 13.1 Å². The monoisotopic (exact) mass is 456 g/mol. The lowest BCUT2D eigenvalue weighted by Gasteiger charge is -2.28. The normalized spacial score (nSPS) is 10.5. The van der Waals surface area contributed by atoms with E-state index in [-0.39, 0.29) is 11.8 Å². The van der Waals surface area contributed by atoms with Gasteiger partial charge in [-0.3, -0.25) is 4.79 Å². The third kappa shape index (κ3) is 6.37. The molecule has 166 valence electrons. The molecule has 0 atom stereocenters. The van der Waals surface area contributed by atoms with Crippen molar-refractivity contribution >= 4 is 28.9 Å². The standard InChI is InChI=1S/C28H25ClN2O2/c29-19-28(32)30-24-16-17-27(33-25-14-8-3-9-15-25)26(18-24)31(20-22-10-4-1-5-11-22)21-23-12-6-2-7-13-23/h1-18H,19-21H2,(H,30,32). The van der Waals surface area contributed by atoms with Gasteiger partial charge >= 0.3 is 0 Å². The summed E-state index contributed by atoms with van der Waals surface area (Å²) in [4.78, 5) is 14.2. The van der Waals surface area contributed by atoms with Gasteiger partial charge in [-0.15, -0.1) is 11.6 Å². The van der Waals surface area contributed by atoms with Crippen LogP contribution >= 0.6 is 11.6 Å². The van der Waals surface area contributed by atoms with E-state index in [0.717, 1.165) is 11.4 Å². The number of ether oxygens (including phenoxy) is 1. The number of hydrogen-bond donors (Lipinski definition) is 1. The molecule has 0 fully saturated rings. The summed E-state index contributed by atoms with van der Waals surface area (Å²) >= 11 is 5.71. The van der Waals surface area contributed by atoms with E-state index in [2.05, 4.69) is 34.5 Å². The fourth-order valence-electron chi connectivity index (χ4n) is 3.57. The number of benzene rings is 4. The molecule has 0 spiro atoms. The van der Waals surface area contributed by atoms with Crippen molar-refractivity contribution in [3.63, 3.8) is 0 Å². The van der Waals surface area contributed by atoms with Gasteiger partial charge in [-0.05, 0) is 41.5 Å². The molecule has 0 heterocycles. The summed E-state index contributed by atoms with van der Waals surface area (Å²) in [6.45, 7) is 1.35. The maximum Gasteiger partial charge on any atom is 0.239 e. The Kier molecular flexibility index (Phi) is 7.62. The molecule has 5 heteroatoms. The van der Waals surface area contributed by atoms with E-state index in [9.17, 15) is 4.79 Å². The zero-order valence-electron chi connectivity index (χ0n) is 18.2. The van der Waals surface area contributed by atoms with E-state index in [1.807, 2.05) is 84.9 Å². The second kappa shape index (κ2) is 11.2. The van der Waals surface area contributed by atoms with Crippen LogP contribution in [0.25, 0.3) is 0 Å². The number of carbonyl (C=O) groups is 1. The number of amides is 1. The van der Waals surface area contributed by atoms with Crippen LogP contribution < -0.4 is 15.0 Å². The van der Waals surface area contributed by atoms with Gasteiger partial charge in [0.05, 0.1) is 5.69 Å². The predicted octanol–water partition coefficient (Wildman–Crippen LogP) is 6.86. The van der Waals surface area contributed by atoms with E-state index in [1.54, 1.807) is 0 Å². The zero-order valence-corrected chi connectivity index (χ0v) is 18.9. The van der Waals surface area contributed by atoms with E-state index in [0.29, 0.717) is 24.5 Å². The minimum Gasteiger partial charge on any atom is -0.455 e. The molecule has 0 aliphatic carbocycles. The average Bonchev–Trinajstić information content (AvgIpc) is 2.86. The van der Waals surface area contributed by atoms with Crippen LogP contribution in [-0.4, -0.2) is 11.8 Å². The highest BCUT2D eigenvalue weighted by molar-refractivity contribution is 6.29. The van der Waals surface area contributed by atoms with Crippen molar-refractivity contribution in [3.05, 3.63) is 120 Å². The van der Waals surface area contributed by atoms with Crippen molar-refractivity contribution in [1.82, 2.24) is 0 Å². The molecule has 0 aliphatic heterocycles. The minimum absolute atomic E-state index is 0.102. The Bertz CT molecular complexity index is 1130. The molecule has 4 rings (SSSR count). The van der Waals surface area contributed by atoms with Crippen LogP contribution in [0.3, 0.4) is 0 Å². The molecule has 0 saturated carbocycles. The van der Waals surface area contributed by atoms with Gasteiger partial charge in [-0.2, -0.15) is 0 Å². The molecule has 1 amide bonds. The Hall–Kier alpha value is -3.76. The number of carbonyl (C=O) groups excluding carboxylic acids is 1. The number of nitrogens with zero attached hydrogens (tertiary/aromatic N) is 1. The Morgan fingerprint density at radius 2 is 1.30 bits per heavy atom. The van der Waals surface area contributed by atoms with E-state index in [1.165, 1.54) is 11.1 Å². The number of para-hydroxylation sites is 1. The van der Waals surface area contributed by atoms with Crippen molar-refractivity contribution in [1.29, 1.82) is 0 Å². The number of halogens is 1. The van der Waals surface area contributed by atoms with Gasteiger partial charge < -0.3 is 15.0 Å². The largest absolute Gasteiger partial charge is 0.455 e. The zero-order chi connectivity index (χ0) is 22.9. The van der Waals surface area contributed by atoms with Crippen molar-refractivity contribution in [3.8, 4) is 11.5 Å². The van der Waals surface area contributed by atoms with Gasteiger partial charge in [-0.25, -0.2) is 0 Å². The molecular formula is C28H25ClN2O2. The van der Waals surface area contributed by atoms with Crippen molar-refractivity contribution in [2.75, 3.05) is 16.1 Å². The van der Waals surface area contributed by atoms with Crippen LogP contribution in [0.2, 0.25) is 0 Å². The summed E-state index contributed by atoms with van der Waals surface area (Å²) in [5.41, 5.74) is 3.89. The first-order chi connectivity index (χ1) is 16.2. The SMILES string of the molecule is O=C(CCl)Nc1ccc(Oc2ccccc2)c(N(Cc2ccccc2)Cc2ccccc2)c1. The van der Waals surface area contributed by atoms with Crippen molar-refractivity contribution in [2.24, 2.45) is 0 Å². The minimum atomic E-state index is -0.253. The fourth-order valence-corrected chi connectivity index (χ4v) is 3.64. The molecular weight excluding hydrogens is 432 g/mol. The Balaban J connectivity index is 1.75. The summed E-state index contributed by atoms with van der Waals surface area (Å²) in [5, 5.41) is 2.85. The Morgan fingerprint density at radius 1 is 0.758 bits per heavy atom. The molecule has 0 radical (unpaired) electrons. The molecule has 33 heavy (non-hydrogen) atoms. The Morgan fingerprint density at radius 3 is 1.85 bits per heavy atom. The first-order valence-corrected chi connectivity index (χ1v) is 11.3. The highest BCUT2D eigenvalue weighted by Gasteiger charge is 2.16. The van der Waals surface area contributed by atoms with Crippen LogP contribution in [0.5, 0.6) is 11.5 Å². The summed E-state index contributed by atoms with van der Waals surface area (Å²) in [6, 6.07) is 35.9. The summed E-state index contributed by atoms with van der Waals surface area (Å²) < 4.78 is 6.27. The van der Waals surface area contributed by atoms with Crippen LogP contribution in [0.1, 0.15) is 11.1 Å². The molecule has 0 aromatic heterocycles. The molecule has 0 aliphatic rings. The number of hydrogen-bond acceptors (Lipinski definition) is 3. The first kappa shape index (κ1) is 22.4. The highest BCUT2D eigenvalue weighted by Crippen LogP contribution is 2.36. The summed E-state index contributed by atoms with van der Waals surface area (Å²) in [5.74, 6) is 1.10. The van der Waals surface area contributed by atoms with Gasteiger partial charge in [0.1, 0.15) is 11.6 Å². The lowest BCUT2D eigenvalue weighted by molar-refractivity contribution is -0.113. The molecule has 0 saturated heterocycles. The first-order valence-electron chi connectivity index (χ1n) is 10.8. The predicted molar refractivity (Wildman–Crippen MR) is 135 cm³/mol. The molecule has 0 bridgehead atoms. The quantitative estimate of drug-likeness (QED) is 0.279. The smallest absolute Gasteiger partial charge is 0.239 e. The topological polar surface area (TPSA) is 41.6 Å². The number of alkyl halides is 1. The average molecular weight is 457 g/mol. The second-order valence-corrected chi connectivity index (χ2v) is 7.87. The van der Waals surface area contributed by atoms with Crippen LogP contribution in [0.4, 0.5) is 11.4 Å². The van der Waals surface area contributed by atoms with E-state index >= 15 is 0 Å². The maximum atomic E-state index is 11.9. The van der Waals surface area contributed by atoms with Crippen LogP contribution in [-0.2, 0) is 17.9 Å². The number of anilines is 2. The van der Waals surface area contributed by atoms with E-state index in [4.69, 9.17) is 16.3 Å². The third-order valence-corrected chi connectivity index (χ3v) is 5.35. The molecule has 4 aromatic rings. The lowest BCUT2D eigenvalue weighted by atomic mass is 10.1. The van der Waals surface area contributed by atoms with Gasteiger partial charge in [0.15, 0.2) is 5.75 Å². The highest BCUT2D eigenvalue weighted by atomic mass is 35.5. The number of nitrogens with one attached hydrogen (secondary N) is 1. The van der Waals surface area contributed by atoms with Crippen LogP contribution in [0, 0.1) is 0 Å². The molecule has 1 N–H and O–H groups in total. The second-order valence-electron chi connectivity index (χ2n) is 7.61. The molecule has 4 aromatic carbocycles. The van der Waals surface area contributed by atoms with Crippen LogP contribution in [0.15, 0.2) is 109 Å². The van der Waals surface area contributed by atoms with E-state index < -0.39 is 0 Å². The molecule has 0 unspecified atom stereocenters. The maximum absolute atomic E-state index is 11.9. The lowest BCUT2D eigenvalue weighted by Crippen LogP contribution is -2.23. The number of rotatable bonds is 9. The third-order valence-electron chi connectivity index (χ3n) is 5.11. The van der Waals surface area contributed by atoms with Gasteiger partial charge in [0.2, 0.25) is 5.91 Å². The summed E-state index contributed by atoms with van der Waals surface area (Å²) in [6.07, 6.45) is 0.